The van der Waals surface area contributed by atoms with Gasteiger partial charge in [0.05, 0.1) is 24.8 Å². The fraction of sp³-hybridized carbons (Fsp3) is 0.474. The van der Waals surface area contributed by atoms with E-state index in [-0.39, 0.29) is 18.7 Å². The summed E-state index contributed by atoms with van der Waals surface area (Å²) in [6, 6.07) is 4.85. The van der Waals surface area contributed by atoms with Crippen LogP contribution in [0.25, 0.3) is 5.69 Å². The number of hydrogen-bond donors (Lipinski definition) is 0. The van der Waals surface area contributed by atoms with Gasteiger partial charge in [-0.15, -0.1) is 0 Å². The lowest BCUT2D eigenvalue weighted by Gasteiger charge is -2.28. The Hall–Kier alpha value is -2.51. The quantitative estimate of drug-likeness (QED) is 0.689. The molecule has 1 aromatic heterocycles. The number of alkyl halides is 3. The predicted octanol–water partition coefficient (Wildman–Crippen LogP) is 4.50. The summed E-state index contributed by atoms with van der Waals surface area (Å²) in [5.41, 5.74) is -0.631. The molecule has 0 radical (unpaired) electrons. The molecule has 0 N–H and O–H groups in total. The third-order valence-electron chi connectivity index (χ3n) is 4.28. The molecule has 0 aliphatic rings. The van der Waals surface area contributed by atoms with Crippen LogP contribution in [-0.4, -0.2) is 35.4 Å². The summed E-state index contributed by atoms with van der Waals surface area (Å²) in [7, 11) is 1.44. The number of aromatic nitrogens is 2. The smallest absolute Gasteiger partial charge is 0.394 e. The van der Waals surface area contributed by atoms with E-state index in [0.29, 0.717) is 22.8 Å². The fourth-order valence-corrected chi connectivity index (χ4v) is 2.66. The lowest BCUT2D eigenvalue weighted by atomic mass is 9.85. The summed E-state index contributed by atoms with van der Waals surface area (Å²) < 4.78 is 51.4. The Balaban J connectivity index is 2.39. The molecule has 0 aliphatic heterocycles. The van der Waals surface area contributed by atoms with Gasteiger partial charge in [-0.2, -0.15) is 13.2 Å². The second kappa shape index (κ2) is 7.62. The lowest BCUT2D eigenvalue weighted by Crippen LogP contribution is -2.34. The minimum Gasteiger partial charge on any atom is -0.495 e. The van der Waals surface area contributed by atoms with E-state index in [9.17, 15) is 18.0 Å². The Morgan fingerprint density at radius 3 is 2.48 bits per heavy atom. The summed E-state index contributed by atoms with van der Waals surface area (Å²) in [5, 5.41) is 0. The standard InChI is InChI=1S/C19H23F3N2O3/c1-6-27-17(25)14-11-24(12(2)23-14)15-8-7-13(9-16(15)26-5)10-18(3,4)19(20,21)22/h7-9,11H,6,10H2,1-5H3. The van der Waals surface area contributed by atoms with Gasteiger partial charge < -0.3 is 9.47 Å². The number of hydrogen-bond acceptors (Lipinski definition) is 4. The summed E-state index contributed by atoms with van der Waals surface area (Å²) in [6.45, 7) is 5.98. The molecule has 0 atom stereocenters. The molecule has 1 aromatic carbocycles. The van der Waals surface area contributed by atoms with E-state index >= 15 is 0 Å². The molecular formula is C19H23F3N2O3. The number of nitrogens with zero attached hydrogens (tertiary/aromatic N) is 2. The summed E-state index contributed by atoms with van der Waals surface area (Å²) >= 11 is 0. The SMILES string of the molecule is CCOC(=O)c1cn(-c2ccc(CC(C)(C)C(F)(F)F)cc2OC)c(C)n1. The first-order valence-corrected chi connectivity index (χ1v) is 8.47. The summed E-state index contributed by atoms with van der Waals surface area (Å²) in [5.74, 6) is 0.378. The average molecular weight is 384 g/mol. The van der Waals surface area contributed by atoms with Gasteiger partial charge in [-0.3, -0.25) is 4.57 Å². The highest BCUT2D eigenvalue weighted by Crippen LogP contribution is 2.41. The number of halogens is 3. The van der Waals surface area contributed by atoms with Gasteiger partial charge in [0, 0.05) is 6.20 Å². The third kappa shape index (κ3) is 4.43. The van der Waals surface area contributed by atoms with Crippen LogP contribution in [0.2, 0.25) is 0 Å². The van der Waals surface area contributed by atoms with Gasteiger partial charge in [-0.1, -0.05) is 19.9 Å². The third-order valence-corrected chi connectivity index (χ3v) is 4.28. The zero-order valence-electron chi connectivity index (χ0n) is 16.0. The number of carbonyl (C=O) groups excluding carboxylic acids is 1. The van der Waals surface area contributed by atoms with Gasteiger partial charge in [0.25, 0.3) is 0 Å². The monoisotopic (exact) mass is 384 g/mol. The van der Waals surface area contributed by atoms with Crippen LogP contribution in [0.15, 0.2) is 24.4 Å². The average Bonchev–Trinajstić information content (AvgIpc) is 2.95. The van der Waals surface area contributed by atoms with Crippen LogP contribution in [0, 0.1) is 12.3 Å². The molecule has 8 heteroatoms. The van der Waals surface area contributed by atoms with E-state index in [1.54, 1.807) is 36.6 Å². The predicted molar refractivity (Wildman–Crippen MR) is 94.3 cm³/mol. The second-order valence-corrected chi connectivity index (χ2v) is 6.83. The molecule has 2 aromatic rings. The van der Waals surface area contributed by atoms with Crippen molar-refractivity contribution in [2.45, 2.75) is 40.3 Å². The number of imidazole rings is 1. The number of ether oxygens (including phenoxy) is 2. The molecule has 0 amide bonds. The maximum Gasteiger partial charge on any atom is 0.394 e. The highest BCUT2D eigenvalue weighted by atomic mass is 19.4. The van der Waals surface area contributed by atoms with Crippen molar-refractivity contribution in [3.05, 3.63) is 41.5 Å². The molecule has 0 saturated heterocycles. The van der Waals surface area contributed by atoms with Crippen molar-refractivity contribution in [2.75, 3.05) is 13.7 Å². The van der Waals surface area contributed by atoms with Crippen molar-refractivity contribution in [3.8, 4) is 11.4 Å². The van der Waals surface area contributed by atoms with Crippen LogP contribution < -0.4 is 4.74 Å². The van der Waals surface area contributed by atoms with Crippen LogP contribution >= 0.6 is 0 Å². The molecule has 5 nitrogen and oxygen atoms in total. The lowest BCUT2D eigenvalue weighted by molar-refractivity contribution is -0.211. The minimum atomic E-state index is -4.31. The van der Waals surface area contributed by atoms with E-state index < -0.39 is 17.6 Å². The van der Waals surface area contributed by atoms with E-state index in [2.05, 4.69) is 4.98 Å². The Morgan fingerprint density at radius 2 is 1.93 bits per heavy atom. The number of methoxy groups -OCH3 is 1. The Morgan fingerprint density at radius 1 is 1.26 bits per heavy atom. The van der Waals surface area contributed by atoms with E-state index in [4.69, 9.17) is 9.47 Å². The van der Waals surface area contributed by atoms with Crippen molar-refractivity contribution in [1.29, 1.82) is 0 Å². The number of benzene rings is 1. The van der Waals surface area contributed by atoms with Crippen LogP contribution in [0.5, 0.6) is 5.75 Å². The van der Waals surface area contributed by atoms with Crippen LogP contribution in [-0.2, 0) is 11.2 Å². The highest BCUT2D eigenvalue weighted by molar-refractivity contribution is 5.87. The first kappa shape index (κ1) is 20.8. The molecule has 0 bridgehead atoms. The zero-order chi connectivity index (χ0) is 20.4. The Bertz CT molecular complexity index is 826. The maximum absolute atomic E-state index is 13.2. The Kier molecular flexibility index (Phi) is 5.87. The fourth-order valence-electron chi connectivity index (χ4n) is 2.66. The zero-order valence-corrected chi connectivity index (χ0v) is 16.0. The van der Waals surface area contributed by atoms with Crippen LogP contribution in [0.1, 0.15) is 42.6 Å². The van der Waals surface area contributed by atoms with Gasteiger partial charge in [0.2, 0.25) is 0 Å². The van der Waals surface area contributed by atoms with Crippen molar-refractivity contribution in [3.63, 3.8) is 0 Å². The Labute approximate surface area is 156 Å². The molecule has 27 heavy (non-hydrogen) atoms. The number of carbonyl (C=O) groups is 1. The minimum absolute atomic E-state index is 0.152. The second-order valence-electron chi connectivity index (χ2n) is 6.83. The molecule has 1 heterocycles. The van der Waals surface area contributed by atoms with Crippen molar-refractivity contribution < 1.29 is 27.4 Å². The molecule has 0 saturated carbocycles. The van der Waals surface area contributed by atoms with Gasteiger partial charge in [0.15, 0.2) is 5.69 Å². The van der Waals surface area contributed by atoms with Crippen molar-refractivity contribution in [2.24, 2.45) is 5.41 Å². The summed E-state index contributed by atoms with van der Waals surface area (Å²) in [4.78, 5) is 16.0. The first-order chi connectivity index (χ1) is 12.5. The molecule has 0 spiro atoms. The van der Waals surface area contributed by atoms with Crippen LogP contribution in [0.4, 0.5) is 13.2 Å². The maximum atomic E-state index is 13.2. The topological polar surface area (TPSA) is 53.4 Å². The molecule has 0 aliphatic carbocycles. The van der Waals surface area contributed by atoms with Gasteiger partial charge in [-0.25, -0.2) is 9.78 Å². The molecule has 0 unspecified atom stereocenters. The van der Waals surface area contributed by atoms with Gasteiger partial charge in [0.1, 0.15) is 11.6 Å². The first-order valence-electron chi connectivity index (χ1n) is 8.47. The molecular weight excluding hydrogens is 361 g/mol. The van der Waals surface area contributed by atoms with Crippen LogP contribution in [0.3, 0.4) is 0 Å². The molecule has 148 valence electrons. The number of aryl methyl sites for hydroxylation is 1. The van der Waals surface area contributed by atoms with E-state index in [0.717, 1.165) is 0 Å². The summed E-state index contributed by atoms with van der Waals surface area (Å²) in [6.07, 6.45) is -2.97. The molecule has 0 fully saturated rings. The van der Waals surface area contributed by atoms with Gasteiger partial charge in [-0.05, 0) is 38.0 Å². The van der Waals surface area contributed by atoms with Gasteiger partial charge >= 0.3 is 12.1 Å². The van der Waals surface area contributed by atoms with E-state index in [1.165, 1.54) is 27.2 Å². The number of rotatable bonds is 6. The number of esters is 1. The molecule has 2 rings (SSSR count). The largest absolute Gasteiger partial charge is 0.495 e. The highest BCUT2D eigenvalue weighted by Gasteiger charge is 2.47. The van der Waals surface area contributed by atoms with Crippen molar-refractivity contribution in [1.82, 2.24) is 9.55 Å². The van der Waals surface area contributed by atoms with E-state index in [1.807, 2.05) is 0 Å². The van der Waals surface area contributed by atoms with Crippen molar-refractivity contribution >= 4 is 5.97 Å². The normalized spacial score (nSPS) is 12.1.